The Hall–Kier alpha value is -1.92. The lowest BCUT2D eigenvalue weighted by Gasteiger charge is -2.53. The molecule has 1 aromatic rings. The smallest absolute Gasteiger partial charge is 0.224 e. The lowest BCUT2D eigenvalue weighted by atomic mass is 9.55. The second kappa shape index (κ2) is 6.54. The van der Waals surface area contributed by atoms with E-state index in [0.717, 1.165) is 30.8 Å². The summed E-state index contributed by atoms with van der Waals surface area (Å²) in [5.74, 6) is 1.73. The molecule has 5 aliphatic rings. The van der Waals surface area contributed by atoms with Crippen LogP contribution >= 0.6 is 0 Å². The van der Waals surface area contributed by atoms with E-state index in [1.165, 1.54) is 0 Å². The topological polar surface area (TPSA) is 59.1 Å². The van der Waals surface area contributed by atoms with Crippen molar-refractivity contribution in [1.29, 1.82) is 0 Å². The average Bonchev–Trinajstić information content (AvgIpc) is 3.02. The average molecular weight is 399 g/mol. The molecule has 4 aliphatic heterocycles. The van der Waals surface area contributed by atoms with Crippen LogP contribution in [0, 0.1) is 17.8 Å². The summed E-state index contributed by atoms with van der Waals surface area (Å²) in [7, 11) is 3.77. The van der Waals surface area contributed by atoms with Crippen molar-refractivity contribution in [3.8, 4) is 5.75 Å². The van der Waals surface area contributed by atoms with Crippen molar-refractivity contribution in [3.05, 3.63) is 23.8 Å². The lowest BCUT2D eigenvalue weighted by molar-refractivity contribution is -0.146. The van der Waals surface area contributed by atoms with Gasteiger partial charge in [0.25, 0.3) is 0 Å². The number of carbonyl (C=O) groups is 2. The molecule has 1 spiro atoms. The fraction of sp³-hybridized carbons (Fsp3) is 0.652. The van der Waals surface area contributed by atoms with Crippen molar-refractivity contribution in [3.63, 3.8) is 0 Å². The van der Waals surface area contributed by atoms with E-state index in [1.807, 2.05) is 23.1 Å². The fourth-order valence-electron chi connectivity index (χ4n) is 6.71. The van der Waals surface area contributed by atoms with Gasteiger partial charge < -0.3 is 19.3 Å². The van der Waals surface area contributed by atoms with Gasteiger partial charge in [-0.25, -0.2) is 0 Å². The van der Waals surface area contributed by atoms with Gasteiger partial charge >= 0.3 is 0 Å². The molecule has 3 saturated heterocycles. The molecule has 6 nitrogen and oxygen atoms in total. The highest BCUT2D eigenvalue weighted by atomic mass is 16.5. The van der Waals surface area contributed by atoms with Gasteiger partial charge in [0.05, 0.1) is 37.0 Å². The molecular weight excluding hydrogens is 368 g/mol. The number of amides is 1. The number of rotatable bonds is 1. The molecule has 0 radical (unpaired) electrons. The predicted octanol–water partition coefficient (Wildman–Crippen LogP) is 2.24. The number of nitrogens with zero attached hydrogens (tertiary/aromatic N) is 2. The Morgan fingerprint density at radius 1 is 1.28 bits per heavy atom. The highest BCUT2D eigenvalue weighted by Crippen LogP contribution is 2.59. The van der Waals surface area contributed by atoms with Crippen molar-refractivity contribution in [2.24, 2.45) is 17.8 Å². The fourth-order valence-corrected chi connectivity index (χ4v) is 6.71. The molecule has 4 bridgehead atoms. The van der Waals surface area contributed by atoms with E-state index in [-0.39, 0.29) is 29.9 Å². The number of methoxy groups -OCH3 is 1. The molecule has 6 unspecified atom stereocenters. The summed E-state index contributed by atoms with van der Waals surface area (Å²) in [6, 6.07) is 5.70. The maximum absolute atomic E-state index is 13.9. The number of Topliss-reactive ketones (excluding diaryl/α,β-unsaturated/α-hetero) is 1. The molecular formula is C23H30N2O4. The standard InChI is InChI=1S/C23H30N2O4/c1-13-17-11-24(3)8-7-23-19-6-5-15(28-4)9-20(19)25(14(2)26)22(23)18(12-29-13)16(17)10-21(23)27/h5-6,9,13,16-18,22H,7-8,10-12H2,1-4H3. The highest BCUT2D eigenvalue weighted by Gasteiger charge is 2.65. The molecule has 0 N–H and O–H groups in total. The van der Waals surface area contributed by atoms with Crippen LogP contribution < -0.4 is 9.64 Å². The second-order valence-corrected chi connectivity index (χ2v) is 9.36. The van der Waals surface area contributed by atoms with Gasteiger partial charge in [-0.05, 0) is 44.5 Å². The van der Waals surface area contributed by atoms with Crippen LogP contribution in [0.15, 0.2) is 18.2 Å². The minimum atomic E-state index is -0.651. The van der Waals surface area contributed by atoms with Crippen LogP contribution in [-0.4, -0.2) is 62.6 Å². The Bertz CT molecular complexity index is 870. The van der Waals surface area contributed by atoms with Crippen LogP contribution in [-0.2, 0) is 19.7 Å². The van der Waals surface area contributed by atoms with Gasteiger partial charge in [-0.2, -0.15) is 0 Å². The first kappa shape index (κ1) is 19.1. The minimum Gasteiger partial charge on any atom is -0.497 e. The van der Waals surface area contributed by atoms with Gasteiger partial charge in [0.1, 0.15) is 11.5 Å². The Morgan fingerprint density at radius 2 is 2.07 bits per heavy atom. The van der Waals surface area contributed by atoms with Crippen LogP contribution in [0.4, 0.5) is 5.69 Å². The first-order chi connectivity index (χ1) is 13.9. The van der Waals surface area contributed by atoms with Crippen molar-refractivity contribution < 1.29 is 19.1 Å². The van der Waals surface area contributed by atoms with Crippen molar-refractivity contribution in [2.45, 2.75) is 44.2 Å². The number of fused-ring (bicyclic) bond motifs is 5. The van der Waals surface area contributed by atoms with Gasteiger partial charge in [0, 0.05) is 37.8 Å². The molecule has 6 atom stereocenters. The summed E-state index contributed by atoms with van der Waals surface area (Å²) < 4.78 is 11.7. The Kier molecular flexibility index (Phi) is 4.30. The highest BCUT2D eigenvalue weighted by molar-refractivity contribution is 6.04. The maximum Gasteiger partial charge on any atom is 0.224 e. The Labute approximate surface area is 172 Å². The maximum atomic E-state index is 13.9. The third-order valence-electron chi connectivity index (χ3n) is 8.06. The number of ketones is 1. The molecule has 1 aliphatic carbocycles. The number of carbonyl (C=O) groups excluding carboxylic acids is 2. The van der Waals surface area contributed by atoms with Crippen LogP contribution in [0.3, 0.4) is 0 Å². The van der Waals surface area contributed by atoms with E-state index in [4.69, 9.17) is 9.47 Å². The van der Waals surface area contributed by atoms with Crippen molar-refractivity contribution in [2.75, 3.05) is 38.8 Å². The molecule has 1 saturated carbocycles. The molecule has 29 heavy (non-hydrogen) atoms. The van der Waals surface area contributed by atoms with Crippen LogP contribution in [0.2, 0.25) is 0 Å². The van der Waals surface area contributed by atoms with Gasteiger partial charge in [0.15, 0.2) is 0 Å². The van der Waals surface area contributed by atoms with Gasteiger partial charge in [-0.1, -0.05) is 6.07 Å². The van der Waals surface area contributed by atoms with Crippen LogP contribution in [0.25, 0.3) is 0 Å². The third-order valence-corrected chi connectivity index (χ3v) is 8.06. The summed E-state index contributed by atoms with van der Waals surface area (Å²) in [6.45, 7) is 6.13. The molecule has 6 rings (SSSR count). The first-order valence-corrected chi connectivity index (χ1v) is 10.7. The number of benzene rings is 1. The molecule has 4 heterocycles. The molecule has 6 heteroatoms. The van der Waals surface area contributed by atoms with E-state index in [9.17, 15) is 9.59 Å². The first-order valence-electron chi connectivity index (χ1n) is 10.7. The Morgan fingerprint density at radius 3 is 2.79 bits per heavy atom. The number of anilines is 1. The summed E-state index contributed by atoms with van der Waals surface area (Å²) in [5, 5.41) is 0. The summed E-state index contributed by atoms with van der Waals surface area (Å²) in [6.07, 6.45) is 1.46. The molecule has 4 fully saturated rings. The van der Waals surface area contributed by atoms with E-state index in [2.05, 4.69) is 18.9 Å². The number of hydrogen-bond donors (Lipinski definition) is 0. The van der Waals surface area contributed by atoms with Gasteiger partial charge in [-0.15, -0.1) is 0 Å². The van der Waals surface area contributed by atoms with Crippen LogP contribution in [0.5, 0.6) is 5.75 Å². The molecule has 156 valence electrons. The normalized spacial score (nSPS) is 38.7. The second-order valence-electron chi connectivity index (χ2n) is 9.36. The van der Waals surface area contributed by atoms with Crippen LogP contribution in [0.1, 0.15) is 32.3 Å². The third kappa shape index (κ3) is 2.48. The van der Waals surface area contributed by atoms with E-state index in [0.29, 0.717) is 30.5 Å². The summed E-state index contributed by atoms with van der Waals surface area (Å²) in [4.78, 5) is 31.1. The zero-order valence-electron chi connectivity index (χ0n) is 17.7. The minimum absolute atomic E-state index is 0.0115. The van der Waals surface area contributed by atoms with E-state index >= 15 is 0 Å². The lowest BCUT2D eigenvalue weighted by Crippen LogP contribution is -2.64. The van der Waals surface area contributed by atoms with Gasteiger partial charge in [-0.3, -0.25) is 9.59 Å². The predicted molar refractivity (Wildman–Crippen MR) is 109 cm³/mol. The van der Waals surface area contributed by atoms with E-state index < -0.39 is 5.41 Å². The molecule has 1 aromatic carbocycles. The molecule has 1 amide bonds. The van der Waals surface area contributed by atoms with Crippen molar-refractivity contribution >= 4 is 17.4 Å². The quantitative estimate of drug-likeness (QED) is 0.726. The SMILES string of the molecule is COc1ccc2c(c1)N(C(C)=O)C1C3COC(C)C4CN(C)CCC21C(=O)CC43. The zero-order valence-corrected chi connectivity index (χ0v) is 17.7. The Balaban J connectivity index is 1.75. The van der Waals surface area contributed by atoms with Crippen molar-refractivity contribution in [1.82, 2.24) is 4.90 Å². The summed E-state index contributed by atoms with van der Waals surface area (Å²) in [5.41, 5.74) is 1.18. The summed E-state index contributed by atoms with van der Waals surface area (Å²) >= 11 is 0. The number of ether oxygens (including phenoxy) is 2. The molecule has 0 aromatic heterocycles. The number of hydrogen-bond acceptors (Lipinski definition) is 5. The monoisotopic (exact) mass is 398 g/mol. The van der Waals surface area contributed by atoms with E-state index in [1.54, 1.807) is 14.0 Å². The largest absolute Gasteiger partial charge is 0.497 e. The van der Waals surface area contributed by atoms with Gasteiger partial charge in [0.2, 0.25) is 5.91 Å². The zero-order chi connectivity index (χ0) is 20.5.